The number of hydrogen-bond acceptors (Lipinski definition) is 4. The number of benzene rings is 1. The second-order valence-corrected chi connectivity index (χ2v) is 3.75. The summed E-state index contributed by atoms with van der Waals surface area (Å²) in [6.45, 7) is 0. The van der Waals surface area contributed by atoms with Crippen LogP contribution in [0.1, 0.15) is 0 Å². The number of nitrogen functional groups attached to an aromatic ring is 1. The van der Waals surface area contributed by atoms with Gasteiger partial charge in [-0.25, -0.2) is 8.78 Å². The average molecular weight is 239 g/mol. The molecule has 2 N–H and O–H groups in total. The third-order valence-electron chi connectivity index (χ3n) is 2.39. The summed E-state index contributed by atoms with van der Waals surface area (Å²) in [5.41, 5.74) is 5.93. The Kier molecular flexibility index (Phi) is 2.71. The van der Waals surface area contributed by atoms with Crippen molar-refractivity contribution < 1.29 is 13.3 Å². The van der Waals surface area contributed by atoms with E-state index < -0.39 is 11.6 Å². The quantitative estimate of drug-likeness (QED) is 0.873. The van der Waals surface area contributed by atoms with Crippen molar-refractivity contribution in [1.29, 1.82) is 0 Å². The van der Waals surface area contributed by atoms with Gasteiger partial charge in [-0.2, -0.15) is 0 Å². The van der Waals surface area contributed by atoms with E-state index in [1.165, 1.54) is 11.1 Å². The molecule has 1 aromatic heterocycles. The molecule has 90 valence electrons. The molecule has 0 unspecified atom stereocenters. The topological polar surface area (TPSA) is 55.3 Å². The largest absolute Gasteiger partial charge is 0.375 e. The number of nitrogens with zero attached hydrogens (tertiary/aromatic N) is 2. The van der Waals surface area contributed by atoms with Crippen LogP contribution in [0, 0.1) is 11.6 Å². The van der Waals surface area contributed by atoms with Crippen molar-refractivity contribution in [3.63, 3.8) is 0 Å². The number of nitrogens with two attached hydrogens (primary N) is 1. The van der Waals surface area contributed by atoms with Crippen molar-refractivity contribution in [2.75, 3.05) is 24.7 Å². The lowest BCUT2D eigenvalue weighted by atomic mass is 10.0. The molecule has 0 atom stereocenters. The molecule has 6 heteroatoms. The Hall–Kier alpha value is -2.11. The molecule has 0 bridgehead atoms. The SMILES string of the molecule is CN(C)c1c(F)ccc(F)c1-c1cnoc1N. The molecular weight excluding hydrogens is 228 g/mol. The van der Waals surface area contributed by atoms with E-state index in [-0.39, 0.29) is 22.7 Å². The first kappa shape index (κ1) is 11.4. The molecule has 0 saturated carbocycles. The Balaban J connectivity index is 2.76. The number of anilines is 2. The van der Waals surface area contributed by atoms with Crippen LogP contribution in [-0.2, 0) is 0 Å². The molecule has 0 aliphatic rings. The molecule has 2 aromatic rings. The Morgan fingerprint density at radius 3 is 2.41 bits per heavy atom. The summed E-state index contributed by atoms with van der Waals surface area (Å²) in [7, 11) is 3.23. The van der Waals surface area contributed by atoms with Crippen LogP contribution in [0.25, 0.3) is 11.1 Å². The highest BCUT2D eigenvalue weighted by molar-refractivity contribution is 5.83. The highest BCUT2D eigenvalue weighted by atomic mass is 19.1. The average Bonchev–Trinajstić information content (AvgIpc) is 2.67. The molecule has 0 saturated heterocycles. The zero-order chi connectivity index (χ0) is 12.6. The molecule has 17 heavy (non-hydrogen) atoms. The molecule has 0 aliphatic heterocycles. The lowest BCUT2D eigenvalue weighted by Crippen LogP contribution is -2.13. The standard InChI is InChI=1S/C11H11F2N3O/c1-16(2)10-8(13)4-3-7(12)9(10)6-5-15-17-11(6)14/h3-5H,14H2,1-2H3. The van der Waals surface area contributed by atoms with Gasteiger partial charge in [-0.3, -0.25) is 0 Å². The van der Waals surface area contributed by atoms with E-state index in [1.54, 1.807) is 14.1 Å². The number of aromatic nitrogens is 1. The van der Waals surface area contributed by atoms with Gasteiger partial charge in [-0.1, -0.05) is 5.16 Å². The van der Waals surface area contributed by atoms with Gasteiger partial charge in [0.2, 0.25) is 5.88 Å². The molecule has 0 aliphatic carbocycles. The summed E-state index contributed by atoms with van der Waals surface area (Å²) in [5, 5.41) is 3.46. The third-order valence-corrected chi connectivity index (χ3v) is 2.39. The Labute approximate surface area is 96.6 Å². The summed E-state index contributed by atoms with van der Waals surface area (Å²) >= 11 is 0. The fourth-order valence-corrected chi connectivity index (χ4v) is 1.67. The van der Waals surface area contributed by atoms with Gasteiger partial charge in [-0.15, -0.1) is 0 Å². The summed E-state index contributed by atoms with van der Waals surface area (Å²) < 4.78 is 32.2. The normalized spacial score (nSPS) is 10.6. The van der Waals surface area contributed by atoms with E-state index >= 15 is 0 Å². The van der Waals surface area contributed by atoms with Crippen molar-refractivity contribution in [3.05, 3.63) is 30.0 Å². The molecule has 2 rings (SSSR count). The molecule has 4 nitrogen and oxygen atoms in total. The van der Waals surface area contributed by atoms with Crippen molar-refractivity contribution in [2.24, 2.45) is 0 Å². The van der Waals surface area contributed by atoms with Crippen LogP contribution in [0.4, 0.5) is 20.4 Å². The van der Waals surface area contributed by atoms with E-state index in [0.717, 1.165) is 12.1 Å². The second-order valence-electron chi connectivity index (χ2n) is 3.75. The Bertz CT molecular complexity index is 552. The highest BCUT2D eigenvalue weighted by Crippen LogP contribution is 2.37. The lowest BCUT2D eigenvalue weighted by molar-refractivity contribution is 0.436. The molecule has 0 spiro atoms. The van der Waals surface area contributed by atoms with Crippen LogP contribution in [0.5, 0.6) is 0 Å². The zero-order valence-corrected chi connectivity index (χ0v) is 9.37. The van der Waals surface area contributed by atoms with Crippen molar-refractivity contribution in [3.8, 4) is 11.1 Å². The van der Waals surface area contributed by atoms with Crippen LogP contribution in [0.3, 0.4) is 0 Å². The van der Waals surface area contributed by atoms with Crippen molar-refractivity contribution in [2.45, 2.75) is 0 Å². The molecule has 0 amide bonds. The molecule has 0 radical (unpaired) electrons. The first-order valence-corrected chi connectivity index (χ1v) is 4.88. The molecular formula is C11H11F2N3O. The van der Waals surface area contributed by atoms with Gasteiger partial charge in [0.05, 0.1) is 23.0 Å². The van der Waals surface area contributed by atoms with Crippen LogP contribution in [0.2, 0.25) is 0 Å². The summed E-state index contributed by atoms with van der Waals surface area (Å²) in [4.78, 5) is 1.47. The maximum absolute atomic E-state index is 13.8. The van der Waals surface area contributed by atoms with Gasteiger partial charge >= 0.3 is 0 Å². The number of rotatable bonds is 2. The smallest absolute Gasteiger partial charge is 0.230 e. The van der Waals surface area contributed by atoms with Gasteiger partial charge in [0.25, 0.3) is 0 Å². The Morgan fingerprint density at radius 1 is 1.24 bits per heavy atom. The van der Waals surface area contributed by atoms with Crippen LogP contribution in [-0.4, -0.2) is 19.3 Å². The summed E-state index contributed by atoms with van der Waals surface area (Å²) in [5.74, 6) is -1.16. The molecule has 0 fully saturated rings. The van der Waals surface area contributed by atoms with Gasteiger partial charge in [0.1, 0.15) is 11.6 Å². The fraction of sp³-hybridized carbons (Fsp3) is 0.182. The predicted molar refractivity (Wildman–Crippen MR) is 60.6 cm³/mol. The fourth-order valence-electron chi connectivity index (χ4n) is 1.67. The number of halogens is 2. The highest BCUT2D eigenvalue weighted by Gasteiger charge is 2.21. The number of hydrogen-bond donors (Lipinski definition) is 1. The lowest BCUT2D eigenvalue weighted by Gasteiger charge is -2.18. The van der Waals surface area contributed by atoms with E-state index in [9.17, 15) is 8.78 Å². The van der Waals surface area contributed by atoms with Gasteiger partial charge in [0.15, 0.2) is 0 Å². The van der Waals surface area contributed by atoms with E-state index in [0.29, 0.717) is 0 Å². The minimum Gasteiger partial charge on any atom is -0.375 e. The van der Waals surface area contributed by atoms with Gasteiger partial charge in [-0.05, 0) is 12.1 Å². The van der Waals surface area contributed by atoms with Crippen molar-refractivity contribution >= 4 is 11.6 Å². The first-order valence-electron chi connectivity index (χ1n) is 4.88. The van der Waals surface area contributed by atoms with Gasteiger partial charge < -0.3 is 15.2 Å². The van der Waals surface area contributed by atoms with Crippen LogP contribution >= 0.6 is 0 Å². The van der Waals surface area contributed by atoms with Gasteiger partial charge in [0, 0.05) is 14.1 Å². The summed E-state index contributed by atoms with van der Waals surface area (Å²) in [6.07, 6.45) is 1.26. The van der Waals surface area contributed by atoms with Crippen LogP contribution < -0.4 is 10.6 Å². The Morgan fingerprint density at radius 2 is 1.88 bits per heavy atom. The second kappa shape index (κ2) is 4.04. The van der Waals surface area contributed by atoms with E-state index in [1.807, 2.05) is 0 Å². The minimum atomic E-state index is -0.579. The predicted octanol–water partition coefficient (Wildman–Crippen LogP) is 2.27. The summed E-state index contributed by atoms with van der Waals surface area (Å²) in [6, 6.07) is 2.11. The first-order chi connectivity index (χ1) is 8.02. The minimum absolute atomic E-state index is 0.0439. The monoisotopic (exact) mass is 239 g/mol. The van der Waals surface area contributed by atoms with E-state index in [4.69, 9.17) is 5.73 Å². The zero-order valence-electron chi connectivity index (χ0n) is 9.37. The van der Waals surface area contributed by atoms with Crippen molar-refractivity contribution in [1.82, 2.24) is 5.16 Å². The maximum atomic E-state index is 13.8. The third kappa shape index (κ3) is 1.82. The maximum Gasteiger partial charge on any atom is 0.230 e. The van der Waals surface area contributed by atoms with Crippen LogP contribution in [0.15, 0.2) is 22.9 Å². The van der Waals surface area contributed by atoms with E-state index in [2.05, 4.69) is 9.68 Å². The molecule has 1 heterocycles. The molecule has 1 aromatic carbocycles.